The molecule has 0 spiro atoms. The first kappa shape index (κ1) is 11.8. The maximum absolute atomic E-state index is 11.6. The Morgan fingerprint density at radius 3 is 2.93 bits per heavy atom. The average molecular weight is 227 g/mol. The van der Waals surface area contributed by atoms with Crippen LogP contribution in [0.1, 0.15) is 13.3 Å². The molecule has 0 aliphatic carbocycles. The Kier molecular flexibility index (Phi) is 4.97. The number of hydrogen-bond donors (Lipinski definition) is 0. The molecule has 4 nitrogen and oxygen atoms in total. The summed E-state index contributed by atoms with van der Waals surface area (Å²) in [5.41, 5.74) is 0. The SMILES string of the molecule is CCOC(=O)CCS(=O)c1ccccn1. The Morgan fingerprint density at radius 2 is 2.33 bits per heavy atom. The van der Waals surface area contributed by atoms with Gasteiger partial charge in [0, 0.05) is 11.9 Å². The summed E-state index contributed by atoms with van der Waals surface area (Å²) in [6, 6.07) is 5.21. The van der Waals surface area contributed by atoms with Crippen LogP contribution in [-0.4, -0.2) is 27.5 Å². The number of hydrogen-bond acceptors (Lipinski definition) is 4. The van der Waals surface area contributed by atoms with E-state index in [1.165, 1.54) is 0 Å². The van der Waals surface area contributed by atoms with E-state index in [9.17, 15) is 9.00 Å². The fraction of sp³-hybridized carbons (Fsp3) is 0.400. The molecule has 0 bridgehead atoms. The largest absolute Gasteiger partial charge is 0.466 e. The van der Waals surface area contributed by atoms with Gasteiger partial charge in [-0.15, -0.1) is 0 Å². The fourth-order valence-electron chi connectivity index (χ4n) is 0.996. The Balaban J connectivity index is 2.40. The maximum atomic E-state index is 11.6. The van der Waals surface area contributed by atoms with Crippen LogP contribution in [-0.2, 0) is 20.3 Å². The van der Waals surface area contributed by atoms with Crippen molar-refractivity contribution in [3.63, 3.8) is 0 Å². The van der Waals surface area contributed by atoms with Crippen LogP contribution in [0.5, 0.6) is 0 Å². The second-order valence-electron chi connectivity index (χ2n) is 2.77. The lowest BCUT2D eigenvalue weighted by molar-refractivity contribution is -0.142. The highest BCUT2D eigenvalue weighted by Gasteiger charge is 2.08. The van der Waals surface area contributed by atoms with Crippen molar-refractivity contribution in [1.29, 1.82) is 0 Å². The molecule has 82 valence electrons. The minimum Gasteiger partial charge on any atom is -0.466 e. The Hall–Kier alpha value is -1.23. The van der Waals surface area contributed by atoms with E-state index in [0.29, 0.717) is 11.6 Å². The second kappa shape index (κ2) is 6.29. The van der Waals surface area contributed by atoms with E-state index in [1.807, 2.05) is 0 Å². The van der Waals surface area contributed by atoms with Gasteiger partial charge in [0.25, 0.3) is 0 Å². The van der Waals surface area contributed by atoms with Gasteiger partial charge in [0.05, 0.1) is 23.8 Å². The number of ether oxygens (including phenoxy) is 1. The van der Waals surface area contributed by atoms with Crippen LogP contribution < -0.4 is 0 Å². The fourth-order valence-corrected chi connectivity index (χ4v) is 1.97. The van der Waals surface area contributed by atoms with Crippen LogP contribution in [0.15, 0.2) is 29.4 Å². The summed E-state index contributed by atoms with van der Waals surface area (Å²) in [7, 11) is -1.22. The van der Waals surface area contributed by atoms with Gasteiger partial charge in [-0.3, -0.25) is 9.00 Å². The minimum absolute atomic E-state index is 0.164. The Bertz CT molecular complexity index is 340. The third kappa shape index (κ3) is 4.20. The van der Waals surface area contributed by atoms with Gasteiger partial charge in [-0.2, -0.15) is 0 Å². The van der Waals surface area contributed by atoms with Crippen LogP contribution in [0.4, 0.5) is 0 Å². The zero-order chi connectivity index (χ0) is 11.1. The van der Waals surface area contributed by atoms with Crippen molar-refractivity contribution in [3.8, 4) is 0 Å². The van der Waals surface area contributed by atoms with Crippen molar-refractivity contribution in [3.05, 3.63) is 24.4 Å². The lowest BCUT2D eigenvalue weighted by Gasteiger charge is -2.01. The van der Waals surface area contributed by atoms with E-state index in [0.717, 1.165) is 0 Å². The highest BCUT2D eigenvalue weighted by molar-refractivity contribution is 7.85. The van der Waals surface area contributed by atoms with E-state index in [4.69, 9.17) is 4.74 Å². The van der Waals surface area contributed by atoms with E-state index in [1.54, 1.807) is 31.3 Å². The Morgan fingerprint density at radius 1 is 1.53 bits per heavy atom. The molecule has 0 amide bonds. The number of carbonyl (C=O) groups is 1. The molecule has 0 N–H and O–H groups in total. The van der Waals surface area contributed by atoms with Gasteiger partial charge in [0.2, 0.25) is 0 Å². The summed E-state index contributed by atoms with van der Waals surface area (Å²) >= 11 is 0. The normalized spacial score (nSPS) is 12.1. The predicted molar refractivity (Wildman–Crippen MR) is 56.8 cm³/mol. The van der Waals surface area contributed by atoms with Crippen molar-refractivity contribution < 1.29 is 13.7 Å². The molecule has 1 aromatic rings. The van der Waals surface area contributed by atoms with Gasteiger partial charge in [0.1, 0.15) is 5.03 Å². The van der Waals surface area contributed by atoms with Gasteiger partial charge in [-0.1, -0.05) is 6.07 Å². The van der Waals surface area contributed by atoms with Crippen LogP contribution >= 0.6 is 0 Å². The van der Waals surface area contributed by atoms with E-state index in [-0.39, 0.29) is 18.1 Å². The molecular formula is C10H13NO3S. The first-order chi connectivity index (χ1) is 7.24. The lowest BCUT2D eigenvalue weighted by atomic mass is 10.5. The molecule has 0 aliphatic heterocycles. The smallest absolute Gasteiger partial charge is 0.306 e. The topological polar surface area (TPSA) is 56.3 Å². The molecule has 15 heavy (non-hydrogen) atoms. The molecule has 0 saturated heterocycles. The molecular weight excluding hydrogens is 214 g/mol. The van der Waals surface area contributed by atoms with E-state index < -0.39 is 10.8 Å². The third-order valence-electron chi connectivity index (χ3n) is 1.67. The number of carbonyl (C=O) groups excluding carboxylic acids is 1. The maximum Gasteiger partial charge on any atom is 0.306 e. The average Bonchev–Trinajstić information content (AvgIpc) is 2.27. The number of aromatic nitrogens is 1. The van der Waals surface area contributed by atoms with Crippen molar-refractivity contribution >= 4 is 16.8 Å². The van der Waals surface area contributed by atoms with Gasteiger partial charge >= 0.3 is 5.97 Å². The summed E-state index contributed by atoms with van der Waals surface area (Å²) in [6.45, 7) is 2.10. The second-order valence-corrected chi connectivity index (χ2v) is 4.29. The number of pyridine rings is 1. The van der Waals surface area contributed by atoms with Crippen molar-refractivity contribution in [2.24, 2.45) is 0 Å². The molecule has 1 heterocycles. The van der Waals surface area contributed by atoms with Crippen molar-refractivity contribution in [2.45, 2.75) is 18.4 Å². The lowest BCUT2D eigenvalue weighted by Crippen LogP contribution is -2.09. The van der Waals surface area contributed by atoms with E-state index >= 15 is 0 Å². The molecule has 0 aliphatic rings. The summed E-state index contributed by atoms with van der Waals surface area (Å²) in [5.74, 6) is -0.0580. The summed E-state index contributed by atoms with van der Waals surface area (Å²) in [4.78, 5) is 15.0. The summed E-state index contributed by atoms with van der Waals surface area (Å²) in [5, 5.41) is 0.502. The van der Waals surface area contributed by atoms with Gasteiger partial charge in [-0.25, -0.2) is 4.98 Å². The predicted octanol–water partition coefficient (Wildman–Crippen LogP) is 1.14. The van der Waals surface area contributed by atoms with Crippen LogP contribution in [0.2, 0.25) is 0 Å². The molecule has 0 saturated carbocycles. The zero-order valence-electron chi connectivity index (χ0n) is 8.51. The molecule has 1 rings (SSSR count). The highest BCUT2D eigenvalue weighted by Crippen LogP contribution is 2.03. The third-order valence-corrected chi connectivity index (χ3v) is 2.95. The summed E-state index contributed by atoms with van der Waals surface area (Å²) in [6.07, 6.45) is 1.74. The van der Waals surface area contributed by atoms with Crippen LogP contribution in [0, 0.1) is 0 Å². The number of nitrogens with zero attached hydrogens (tertiary/aromatic N) is 1. The first-order valence-corrected chi connectivity index (χ1v) is 6.01. The molecule has 1 atom stereocenters. The molecule has 5 heteroatoms. The Labute approximate surface area is 91.1 Å². The van der Waals surface area contributed by atoms with Gasteiger partial charge in [-0.05, 0) is 19.1 Å². The van der Waals surface area contributed by atoms with Gasteiger partial charge < -0.3 is 4.74 Å². The quantitative estimate of drug-likeness (QED) is 0.708. The molecule has 0 radical (unpaired) electrons. The highest BCUT2D eigenvalue weighted by atomic mass is 32.2. The first-order valence-electron chi connectivity index (χ1n) is 4.69. The molecule has 0 fully saturated rings. The molecule has 1 unspecified atom stereocenters. The van der Waals surface area contributed by atoms with Crippen LogP contribution in [0.3, 0.4) is 0 Å². The van der Waals surface area contributed by atoms with Crippen LogP contribution in [0.25, 0.3) is 0 Å². The monoisotopic (exact) mass is 227 g/mol. The molecule has 1 aromatic heterocycles. The molecule has 0 aromatic carbocycles. The summed E-state index contributed by atoms with van der Waals surface area (Å²) < 4.78 is 16.3. The number of esters is 1. The van der Waals surface area contributed by atoms with E-state index in [2.05, 4.69) is 4.98 Å². The standard InChI is InChI=1S/C10H13NO3S/c1-2-14-10(12)6-8-15(13)9-5-3-4-7-11-9/h3-5,7H,2,6,8H2,1H3. The van der Waals surface area contributed by atoms with Gasteiger partial charge in [0.15, 0.2) is 0 Å². The van der Waals surface area contributed by atoms with Crippen molar-refractivity contribution in [1.82, 2.24) is 4.98 Å². The number of rotatable bonds is 5. The van der Waals surface area contributed by atoms with Crippen molar-refractivity contribution in [2.75, 3.05) is 12.4 Å². The zero-order valence-corrected chi connectivity index (χ0v) is 9.33. The minimum atomic E-state index is -1.22.